The van der Waals surface area contributed by atoms with Crippen LogP contribution in [0.15, 0.2) is 15.9 Å². The van der Waals surface area contributed by atoms with Gasteiger partial charge in [0.15, 0.2) is 0 Å². The van der Waals surface area contributed by atoms with Crippen molar-refractivity contribution in [3.05, 3.63) is 20.8 Å². The predicted octanol–water partition coefficient (Wildman–Crippen LogP) is 4.18. The van der Waals surface area contributed by atoms with Crippen LogP contribution in [0.1, 0.15) is 38.0 Å². The Balaban J connectivity index is 1.91. The third kappa shape index (κ3) is 2.63. The van der Waals surface area contributed by atoms with Gasteiger partial charge in [-0.25, -0.2) is 0 Å². The molecule has 0 aliphatic heterocycles. The molecule has 0 aromatic carbocycles. The molecule has 1 saturated carbocycles. The molecule has 3 heteroatoms. The van der Waals surface area contributed by atoms with Gasteiger partial charge in [-0.1, -0.05) is 20.3 Å². The largest absolute Gasteiger partial charge is 0.309 e. The summed E-state index contributed by atoms with van der Waals surface area (Å²) < 4.78 is 1.25. The minimum absolute atomic E-state index is 0.476. The smallest absolute Gasteiger partial charge is 0.0327 e. The van der Waals surface area contributed by atoms with Gasteiger partial charge in [-0.05, 0) is 45.6 Å². The fraction of sp³-hybridized carbons (Fsp3) is 0.667. The van der Waals surface area contributed by atoms with E-state index in [0.717, 1.165) is 6.54 Å². The second-order valence-corrected chi connectivity index (χ2v) is 6.86. The molecule has 0 amide bonds. The highest BCUT2D eigenvalue weighted by Crippen LogP contribution is 2.37. The number of thiophene rings is 1. The van der Waals surface area contributed by atoms with Gasteiger partial charge < -0.3 is 5.32 Å². The number of nitrogens with one attached hydrogen (secondary N) is 1. The van der Waals surface area contributed by atoms with Gasteiger partial charge in [0.2, 0.25) is 0 Å². The molecule has 15 heavy (non-hydrogen) atoms. The first kappa shape index (κ1) is 11.6. The highest BCUT2D eigenvalue weighted by atomic mass is 79.9. The maximum atomic E-state index is 3.70. The second kappa shape index (κ2) is 4.56. The Kier molecular flexibility index (Phi) is 3.53. The molecule has 84 valence electrons. The number of halogens is 1. The van der Waals surface area contributed by atoms with E-state index in [1.165, 1.54) is 28.6 Å². The van der Waals surface area contributed by atoms with E-state index in [-0.39, 0.29) is 0 Å². The molecule has 1 aliphatic rings. The van der Waals surface area contributed by atoms with Crippen molar-refractivity contribution in [2.45, 2.75) is 45.7 Å². The summed E-state index contributed by atoms with van der Waals surface area (Å²) in [5.74, 6) is 0. The van der Waals surface area contributed by atoms with E-state index in [1.807, 2.05) is 11.3 Å². The van der Waals surface area contributed by atoms with Crippen LogP contribution >= 0.6 is 27.3 Å². The van der Waals surface area contributed by atoms with Crippen LogP contribution in [0.3, 0.4) is 0 Å². The zero-order valence-electron chi connectivity index (χ0n) is 9.35. The Morgan fingerprint density at radius 1 is 1.60 bits per heavy atom. The Morgan fingerprint density at radius 3 is 2.93 bits per heavy atom. The number of rotatable bonds is 3. The molecule has 0 bridgehead atoms. The molecular formula is C12H18BrNS. The number of hydrogen-bond acceptors (Lipinski definition) is 2. The van der Waals surface area contributed by atoms with E-state index in [9.17, 15) is 0 Å². The summed E-state index contributed by atoms with van der Waals surface area (Å²) in [6, 6.07) is 2.81. The molecule has 1 fully saturated rings. The van der Waals surface area contributed by atoms with Crippen molar-refractivity contribution < 1.29 is 0 Å². The summed E-state index contributed by atoms with van der Waals surface area (Å²) in [4.78, 5) is 1.41. The molecule has 0 spiro atoms. The van der Waals surface area contributed by atoms with Crippen LogP contribution in [-0.2, 0) is 6.54 Å². The molecule has 1 unspecified atom stereocenters. The zero-order valence-corrected chi connectivity index (χ0v) is 11.7. The fourth-order valence-electron chi connectivity index (χ4n) is 2.37. The molecule has 0 radical (unpaired) electrons. The van der Waals surface area contributed by atoms with Crippen molar-refractivity contribution in [1.82, 2.24) is 5.32 Å². The van der Waals surface area contributed by atoms with Crippen molar-refractivity contribution in [2.24, 2.45) is 5.41 Å². The Hall–Kier alpha value is 0.140. The van der Waals surface area contributed by atoms with E-state index in [2.05, 4.69) is 46.5 Å². The molecule has 1 N–H and O–H groups in total. The van der Waals surface area contributed by atoms with E-state index in [0.29, 0.717) is 11.5 Å². The first-order valence-corrected chi connectivity index (χ1v) is 7.22. The maximum absolute atomic E-state index is 3.70. The van der Waals surface area contributed by atoms with Gasteiger partial charge in [0.1, 0.15) is 0 Å². The Bertz CT molecular complexity index is 332. The average Bonchev–Trinajstić information content (AvgIpc) is 2.69. The van der Waals surface area contributed by atoms with Gasteiger partial charge in [0.25, 0.3) is 0 Å². The lowest BCUT2D eigenvalue weighted by atomic mass is 9.87. The van der Waals surface area contributed by atoms with Crippen LogP contribution < -0.4 is 5.32 Å². The van der Waals surface area contributed by atoms with E-state index in [4.69, 9.17) is 0 Å². The van der Waals surface area contributed by atoms with Crippen molar-refractivity contribution in [3.63, 3.8) is 0 Å². The van der Waals surface area contributed by atoms with Crippen LogP contribution in [0.5, 0.6) is 0 Å². The number of hydrogen-bond donors (Lipinski definition) is 1. The highest BCUT2D eigenvalue weighted by Gasteiger charge is 2.33. The average molecular weight is 288 g/mol. The quantitative estimate of drug-likeness (QED) is 0.880. The van der Waals surface area contributed by atoms with Gasteiger partial charge in [0, 0.05) is 21.9 Å². The highest BCUT2D eigenvalue weighted by molar-refractivity contribution is 9.10. The van der Waals surface area contributed by atoms with Crippen LogP contribution in [-0.4, -0.2) is 6.04 Å². The molecule has 1 aliphatic carbocycles. The Labute approximate surface area is 104 Å². The summed E-state index contributed by atoms with van der Waals surface area (Å²) >= 11 is 5.40. The zero-order chi connectivity index (χ0) is 10.9. The molecule has 1 aromatic heterocycles. The lowest BCUT2D eigenvalue weighted by Gasteiger charge is -2.27. The van der Waals surface area contributed by atoms with Crippen LogP contribution in [0.25, 0.3) is 0 Å². The van der Waals surface area contributed by atoms with Gasteiger partial charge in [0.05, 0.1) is 0 Å². The summed E-state index contributed by atoms with van der Waals surface area (Å²) in [5.41, 5.74) is 0.476. The van der Waals surface area contributed by atoms with E-state index in [1.54, 1.807) is 0 Å². The van der Waals surface area contributed by atoms with Crippen LogP contribution in [0.2, 0.25) is 0 Å². The molecule has 1 heterocycles. The standard InChI is InChI=1S/C12H18BrNS/c1-12(2)6-3-4-11(12)14-8-10-9(13)5-7-15-10/h5,7,11,14H,3-4,6,8H2,1-2H3. The topological polar surface area (TPSA) is 12.0 Å². The summed E-state index contributed by atoms with van der Waals surface area (Å²) in [6.45, 7) is 5.76. The van der Waals surface area contributed by atoms with Gasteiger partial charge >= 0.3 is 0 Å². The van der Waals surface area contributed by atoms with Crippen molar-refractivity contribution in [1.29, 1.82) is 0 Å². The molecule has 2 rings (SSSR count). The van der Waals surface area contributed by atoms with E-state index < -0.39 is 0 Å². The first-order valence-electron chi connectivity index (χ1n) is 5.55. The maximum Gasteiger partial charge on any atom is 0.0327 e. The minimum atomic E-state index is 0.476. The lowest BCUT2D eigenvalue weighted by Crippen LogP contribution is -2.37. The molecule has 0 saturated heterocycles. The van der Waals surface area contributed by atoms with Gasteiger partial charge in [-0.2, -0.15) is 0 Å². The summed E-state index contributed by atoms with van der Waals surface area (Å²) in [5, 5.41) is 5.84. The van der Waals surface area contributed by atoms with Gasteiger partial charge in [-0.15, -0.1) is 11.3 Å². The molecular weight excluding hydrogens is 270 g/mol. The van der Waals surface area contributed by atoms with Crippen molar-refractivity contribution >= 4 is 27.3 Å². The van der Waals surface area contributed by atoms with Crippen molar-refractivity contribution in [2.75, 3.05) is 0 Å². The predicted molar refractivity (Wildman–Crippen MR) is 70.3 cm³/mol. The first-order chi connectivity index (χ1) is 7.09. The molecule has 1 nitrogen and oxygen atoms in total. The normalized spacial score (nSPS) is 24.6. The monoisotopic (exact) mass is 287 g/mol. The lowest BCUT2D eigenvalue weighted by molar-refractivity contribution is 0.283. The van der Waals surface area contributed by atoms with Crippen LogP contribution in [0, 0.1) is 5.41 Å². The second-order valence-electron chi connectivity index (χ2n) is 5.01. The summed E-state index contributed by atoms with van der Waals surface area (Å²) in [7, 11) is 0. The SMILES string of the molecule is CC1(C)CCCC1NCc1sccc1Br. The fourth-order valence-corrected chi connectivity index (χ4v) is 3.82. The Morgan fingerprint density at radius 2 is 2.40 bits per heavy atom. The molecule has 1 atom stereocenters. The summed E-state index contributed by atoms with van der Waals surface area (Å²) in [6.07, 6.45) is 4.06. The minimum Gasteiger partial charge on any atom is -0.309 e. The van der Waals surface area contributed by atoms with Crippen LogP contribution in [0.4, 0.5) is 0 Å². The third-order valence-electron chi connectivity index (χ3n) is 3.46. The molecule has 1 aromatic rings. The third-order valence-corrected chi connectivity index (χ3v) is 5.38. The van der Waals surface area contributed by atoms with Crippen molar-refractivity contribution in [3.8, 4) is 0 Å². The van der Waals surface area contributed by atoms with Gasteiger partial charge in [-0.3, -0.25) is 0 Å². The van der Waals surface area contributed by atoms with E-state index >= 15 is 0 Å².